The highest BCUT2D eigenvalue weighted by Gasteiger charge is 2.29. The highest BCUT2D eigenvalue weighted by atomic mass is 16.2. The van der Waals surface area contributed by atoms with Crippen LogP contribution in [0.15, 0.2) is 66.7 Å². The SMILES string of the molecule is CCCCCCCC/C=C\CCCCCCC(C)(C)C(=O)NC(Cc1ccc(N)cc1)c1ccccc1. The van der Waals surface area contributed by atoms with Crippen molar-refractivity contribution in [3.8, 4) is 0 Å². The molecular formula is C34H52N2O. The number of allylic oxidation sites excluding steroid dienone is 2. The Kier molecular flexibility index (Phi) is 14.8. The molecule has 0 heterocycles. The summed E-state index contributed by atoms with van der Waals surface area (Å²) in [5.41, 5.74) is 8.54. The van der Waals surface area contributed by atoms with Crippen LogP contribution in [0, 0.1) is 5.41 Å². The molecule has 2 rings (SSSR count). The zero-order chi connectivity index (χ0) is 26.8. The number of nitrogen functional groups attached to an aromatic ring is 1. The molecular weight excluding hydrogens is 452 g/mol. The Bertz CT molecular complexity index is 886. The predicted molar refractivity (Wildman–Crippen MR) is 161 cm³/mol. The molecule has 1 atom stereocenters. The summed E-state index contributed by atoms with van der Waals surface area (Å²) < 4.78 is 0. The number of benzene rings is 2. The van der Waals surface area contributed by atoms with Crippen LogP contribution < -0.4 is 11.1 Å². The minimum Gasteiger partial charge on any atom is -0.399 e. The fraction of sp³-hybridized carbons (Fsp3) is 0.559. The molecule has 0 aliphatic heterocycles. The van der Waals surface area contributed by atoms with E-state index in [0.29, 0.717) is 0 Å². The van der Waals surface area contributed by atoms with Crippen LogP contribution in [-0.2, 0) is 11.2 Å². The van der Waals surface area contributed by atoms with Gasteiger partial charge in [0.1, 0.15) is 0 Å². The van der Waals surface area contributed by atoms with Crippen molar-refractivity contribution in [2.75, 3.05) is 5.73 Å². The first kappa shape index (κ1) is 30.7. The summed E-state index contributed by atoms with van der Waals surface area (Å²) in [5, 5.41) is 3.36. The van der Waals surface area contributed by atoms with Crippen molar-refractivity contribution in [2.45, 2.75) is 117 Å². The van der Waals surface area contributed by atoms with E-state index in [2.05, 4.69) is 50.4 Å². The maximum Gasteiger partial charge on any atom is 0.226 e. The number of nitrogens with two attached hydrogens (primary N) is 1. The molecule has 0 saturated heterocycles. The number of rotatable bonds is 19. The second-order valence-electron chi connectivity index (χ2n) is 11.2. The summed E-state index contributed by atoms with van der Waals surface area (Å²) in [6.07, 6.45) is 21.8. The fourth-order valence-electron chi connectivity index (χ4n) is 4.76. The van der Waals surface area contributed by atoms with E-state index < -0.39 is 0 Å². The first-order valence-corrected chi connectivity index (χ1v) is 14.8. The van der Waals surface area contributed by atoms with E-state index in [4.69, 9.17) is 5.73 Å². The van der Waals surface area contributed by atoms with Gasteiger partial charge in [-0.15, -0.1) is 0 Å². The Labute approximate surface area is 227 Å². The number of nitrogens with one attached hydrogen (secondary N) is 1. The van der Waals surface area contributed by atoms with Crippen molar-refractivity contribution in [1.29, 1.82) is 0 Å². The first-order valence-electron chi connectivity index (χ1n) is 14.8. The van der Waals surface area contributed by atoms with Gasteiger partial charge in [-0.05, 0) is 61.8 Å². The topological polar surface area (TPSA) is 55.1 Å². The summed E-state index contributed by atoms with van der Waals surface area (Å²) in [6, 6.07) is 18.2. The van der Waals surface area contributed by atoms with Gasteiger partial charge in [0.05, 0.1) is 6.04 Å². The van der Waals surface area contributed by atoms with E-state index in [0.717, 1.165) is 30.5 Å². The Morgan fingerprint density at radius 1 is 0.811 bits per heavy atom. The number of anilines is 1. The van der Waals surface area contributed by atoms with Crippen LogP contribution in [0.1, 0.15) is 121 Å². The molecule has 0 aliphatic carbocycles. The molecule has 0 fully saturated rings. The van der Waals surface area contributed by atoms with Crippen LogP contribution in [0.25, 0.3) is 0 Å². The average Bonchev–Trinajstić information content (AvgIpc) is 2.90. The molecule has 3 N–H and O–H groups in total. The van der Waals surface area contributed by atoms with Crippen LogP contribution in [0.3, 0.4) is 0 Å². The highest BCUT2D eigenvalue weighted by Crippen LogP contribution is 2.27. The molecule has 0 aromatic heterocycles. The second-order valence-corrected chi connectivity index (χ2v) is 11.2. The van der Waals surface area contributed by atoms with Crippen molar-refractivity contribution in [3.63, 3.8) is 0 Å². The lowest BCUT2D eigenvalue weighted by atomic mass is 9.85. The van der Waals surface area contributed by atoms with Gasteiger partial charge < -0.3 is 11.1 Å². The van der Waals surface area contributed by atoms with Crippen molar-refractivity contribution in [2.24, 2.45) is 5.41 Å². The molecule has 2 aromatic carbocycles. The number of amides is 1. The smallest absolute Gasteiger partial charge is 0.226 e. The Balaban J connectivity index is 1.69. The van der Waals surface area contributed by atoms with Crippen molar-refractivity contribution in [3.05, 3.63) is 77.9 Å². The van der Waals surface area contributed by atoms with Gasteiger partial charge in [-0.3, -0.25) is 4.79 Å². The number of hydrogen-bond donors (Lipinski definition) is 2. The van der Waals surface area contributed by atoms with Crippen molar-refractivity contribution >= 4 is 11.6 Å². The number of hydrogen-bond acceptors (Lipinski definition) is 2. The zero-order valence-corrected chi connectivity index (χ0v) is 23.8. The van der Waals surface area contributed by atoms with Gasteiger partial charge >= 0.3 is 0 Å². The molecule has 0 spiro atoms. The largest absolute Gasteiger partial charge is 0.399 e. The van der Waals surface area contributed by atoms with E-state index in [1.807, 2.05) is 42.5 Å². The van der Waals surface area contributed by atoms with Gasteiger partial charge in [-0.25, -0.2) is 0 Å². The third-order valence-electron chi connectivity index (χ3n) is 7.36. The molecule has 3 heteroatoms. The Hall–Kier alpha value is -2.55. The molecule has 0 aliphatic rings. The van der Waals surface area contributed by atoms with Crippen molar-refractivity contribution < 1.29 is 4.79 Å². The summed E-state index contributed by atoms with van der Waals surface area (Å²) in [4.78, 5) is 13.3. The summed E-state index contributed by atoms with van der Waals surface area (Å²) in [7, 11) is 0. The molecule has 1 amide bonds. The van der Waals surface area contributed by atoms with Crippen LogP contribution in [0.2, 0.25) is 0 Å². The van der Waals surface area contributed by atoms with Crippen LogP contribution in [-0.4, -0.2) is 5.91 Å². The minimum atomic E-state index is -0.384. The zero-order valence-electron chi connectivity index (χ0n) is 23.8. The van der Waals surface area contributed by atoms with Gasteiger partial charge in [0.25, 0.3) is 0 Å². The van der Waals surface area contributed by atoms with Gasteiger partial charge in [-0.2, -0.15) is 0 Å². The average molecular weight is 505 g/mol. The number of carbonyl (C=O) groups excluding carboxylic acids is 1. The van der Waals surface area contributed by atoms with Crippen LogP contribution >= 0.6 is 0 Å². The first-order chi connectivity index (χ1) is 17.9. The third-order valence-corrected chi connectivity index (χ3v) is 7.36. The Morgan fingerprint density at radius 2 is 1.38 bits per heavy atom. The Morgan fingerprint density at radius 3 is 2.00 bits per heavy atom. The van der Waals surface area contributed by atoms with E-state index in [-0.39, 0.29) is 17.4 Å². The van der Waals surface area contributed by atoms with Gasteiger partial charge in [0, 0.05) is 11.1 Å². The third kappa shape index (κ3) is 13.0. The number of carbonyl (C=O) groups is 1. The van der Waals surface area contributed by atoms with Gasteiger partial charge in [0.2, 0.25) is 5.91 Å². The second kappa shape index (κ2) is 17.8. The van der Waals surface area contributed by atoms with E-state index in [1.165, 1.54) is 76.2 Å². The molecule has 204 valence electrons. The molecule has 0 radical (unpaired) electrons. The van der Waals surface area contributed by atoms with E-state index in [1.54, 1.807) is 0 Å². The highest BCUT2D eigenvalue weighted by molar-refractivity contribution is 5.82. The summed E-state index contributed by atoms with van der Waals surface area (Å²) in [5.74, 6) is 0.134. The normalized spacial score (nSPS) is 12.6. The minimum absolute atomic E-state index is 0.0558. The summed E-state index contributed by atoms with van der Waals surface area (Å²) >= 11 is 0. The molecule has 2 aromatic rings. The van der Waals surface area contributed by atoms with Crippen molar-refractivity contribution in [1.82, 2.24) is 5.32 Å². The molecule has 1 unspecified atom stereocenters. The lowest BCUT2D eigenvalue weighted by Gasteiger charge is -2.28. The quantitative estimate of drug-likeness (QED) is 0.114. The summed E-state index contributed by atoms with van der Waals surface area (Å²) in [6.45, 7) is 6.44. The molecule has 37 heavy (non-hydrogen) atoms. The maximum atomic E-state index is 13.3. The van der Waals surface area contributed by atoms with E-state index >= 15 is 0 Å². The van der Waals surface area contributed by atoms with Gasteiger partial charge in [0.15, 0.2) is 0 Å². The maximum absolute atomic E-state index is 13.3. The van der Waals surface area contributed by atoms with Crippen LogP contribution in [0.4, 0.5) is 5.69 Å². The lowest BCUT2D eigenvalue weighted by molar-refractivity contribution is -0.130. The van der Waals surface area contributed by atoms with E-state index in [9.17, 15) is 4.79 Å². The monoisotopic (exact) mass is 504 g/mol. The van der Waals surface area contributed by atoms with Gasteiger partial charge in [-0.1, -0.05) is 127 Å². The predicted octanol–water partition coefficient (Wildman–Crippen LogP) is 9.34. The number of unbranched alkanes of at least 4 members (excludes halogenated alkanes) is 10. The standard InChI is InChI=1S/C34H52N2O/c1-4-5-6-7-8-9-10-11-12-13-14-15-16-20-27-34(2,3)33(37)36-32(30-21-18-17-19-22-30)28-29-23-25-31(35)26-24-29/h11-12,17-19,21-26,32H,4-10,13-16,20,27-28,35H2,1-3H3,(H,36,37)/b12-11-. The lowest BCUT2D eigenvalue weighted by Crippen LogP contribution is -2.39. The molecule has 0 saturated carbocycles. The van der Waals surface area contributed by atoms with Crippen LogP contribution in [0.5, 0.6) is 0 Å². The molecule has 0 bridgehead atoms. The molecule has 3 nitrogen and oxygen atoms in total. The fourth-order valence-corrected chi connectivity index (χ4v) is 4.76.